The zero-order chi connectivity index (χ0) is 17.8. The summed E-state index contributed by atoms with van der Waals surface area (Å²) in [5.74, 6) is 3.92. The lowest BCUT2D eigenvalue weighted by molar-refractivity contribution is 0.101. The molecule has 124 valence electrons. The minimum Gasteiger partial charge on any atom is -0.481 e. The fourth-order valence-corrected chi connectivity index (χ4v) is 3.53. The molecule has 4 rings (SSSR count). The summed E-state index contributed by atoms with van der Waals surface area (Å²) >= 11 is 12.6. The Hall–Kier alpha value is -2.48. The molecule has 0 bridgehead atoms. The number of H-pyrrole nitrogens is 1. The molecule has 1 aromatic carbocycles. The molecule has 0 amide bonds. The predicted octanol–water partition coefficient (Wildman–Crippen LogP) is 5.05. The van der Waals surface area contributed by atoms with E-state index in [4.69, 9.17) is 39.3 Å². The molecule has 0 saturated carbocycles. The smallest absolute Gasteiger partial charge is 0.147 e. The zero-order valence-electron chi connectivity index (χ0n) is 13.5. The third kappa shape index (κ3) is 2.48. The first-order valence-electron chi connectivity index (χ1n) is 7.60. The van der Waals surface area contributed by atoms with Crippen molar-refractivity contribution >= 4 is 23.2 Å². The van der Waals surface area contributed by atoms with Crippen LogP contribution in [0.4, 0.5) is 0 Å². The van der Waals surface area contributed by atoms with E-state index < -0.39 is 5.60 Å². The van der Waals surface area contributed by atoms with Gasteiger partial charge in [-0.05, 0) is 32.0 Å². The highest BCUT2D eigenvalue weighted by Crippen LogP contribution is 2.46. The van der Waals surface area contributed by atoms with Gasteiger partial charge < -0.3 is 9.72 Å². The standard InChI is InChI=1S/C19H13Cl2N3O/c1-4-10-5-6-11-14(7-10)25-19(2,3)17-16(11)23-18(24-17)15-12(20)8-22-9-13(15)21/h1,5-9H,2-3H3,(H,23,24). The van der Waals surface area contributed by atoms with Gasteiger partial charge in [0.2, 0.25) is 0 Å². The number of imidazole rings is 1. The van der Waals surface area contributed by atoms with Crippen molar-refractivity contribution in [1.82, 2.24) is 15.0 Å². The molecule has 2 aromatic heterocycles. The fourth-order valence-electron chi connectivity index (χ4n) is 2.99. The van der Waals surface area contributed by atoms with Crippen LogP contribution in [0.3, 0.4) is 0 Å². The maximum Gasteiger partial charge on any atom is 0.147 e. The normalized spacial score (nSPS) is 14.2. The summed E-state index contributed by atoms with van der Waals surface area (Å²) in [4.78, 5) is 12.0. The number of fused-ring (bicyclic) bond motifs is 3. The Morgan fingerprint density at radius 3 is 2.60 bits per heavy atom. The second-order valence-electron chi connectivity index (χ2n) is 6.25. The number of nitrogens with zero attached hydrogens (tertiary/aromatic N) is 2. The number of aromatic nitrogens is 3. The molecule has 1 aliphatic rings. The van der Waals surface area contributed by atoms with Crippen molar-refractivity contribution in [3.05, 3.63) is 51.9 Å². The first-order chi connectivity index (χ1) is 11.9. The number of hydrogen-bond donors (Lipinski definition) is 1. The van der Waals surface area contributed by atoms with E-state index in [9.17, 15) is 0 Å². The number of benzene rings is 1. The van der Waals surface area contributed by atoms with Gasteiger partial charge in [0, 0.05) is 23.5 Å². The highest BCUT2D eigenvalue weighted by Gasteiger charge is 2.36. The van der Waals surface area contributed by atoms with Crippen LogP contribution in [0, 0.1) is 12.3 Å². The first kappa shape index (κ1) is 16.0. The third-order valence-electron chi connectivity index (χ3n) is 4.15. The minimum atomic E-state index is -0.629. The Labute approximate surface area is 155 Å². The van der Waals surface area contributed by atoms with Gasteiger partial charge in [0.15, 0.2) is 0 Å². The van der Waals surface area contributed by atoms with E-state index in [1.807, 2.05) is 32.0 Å². The molecule has 1 aliphatic heterocycles. The van der Waals surface area contributed by atoms with Gasteiger partial charge in [-0.1, -0.05) is 29.1 Å². The number of pyridine rings is 1. The van der Waals surface area contributed by atoms with E-state index in [0.717, 1.165) is 28.3 Å². The van der Waals surface area contributed by atoms with E-state index in [1.54, 1.807) is 12.4 Å². The maximum atomic E-state index is 6.28. The van der Waals surface area contributed by atoms with E-state index in [2.05, 4.69) is 15.9 Å². The quantitative estimate of drug-likeness (QED) is 0.610. The van der Waals surface area contributed by atoms with Crippen molar-refractivity contribution in [2.45, 2.75) is 19.4 Å². The summed E-state index contributed by atoms with van der Waals surface area (Å²) in [6.07, 6.45) is 8.58. The van der Waals surface area contributed by atoms with Crippen molar-refractivity contribution in [2.75, 3.05) is 0 Å². The molecule has 6 heteroatoms. The van der Waals surface area contributed by atoms with Crippen LogP contribution in [0.25, 0.3) is 22.6 Å². The van der Waals surface area contributed by atoms with Gasteiger partial charge in [-0.3, -0.25) is 4.98 Å². The van der Waals surface area contributed by atoms with Gasteiger partial charge in [-0.15, -0.1) is 6.42 Å². The molecule has 25 heavy (non-hydrogen) atoms. The number of hydrogen-bond acceptors (Lipinski definition) is 3. The highest BCUT2D eigenvalue weighted by atomic mass is 35.5. The summed E-state index contributed by atoms with van der Waals surface area (Å²) in [6, 6.07) is 5.65. The summed E-state index contributed by atoms with van der Waals surface area (Å²) < 4.78 is 6.14. The minimum absolute atomic E-state index is 0.431. The second-order valence-corrected chi connectivity index (χ2v) is 7.07. The fraction of sp³-hybridized carbons (Fsp3) is 0.158. The number of ether oxygens (including phenoxy) is 1. The Morgan fingerprint density at radius 2 is 1.92 bits per heavy atom. The van der Waals surface area contributed by atoms with Crippen LogP contribution in [-0.4, -0.2) is 15.0 Å². The van der Waals surface area contributed by atoms with Crippen molar-refractivity contribution in [3.8, 4) is 40.7 Å². The van der Waals surface area contributed by atoms with Crippen LogP contribution < -0.4 is 4.74 Å². The number of halogens is 2. The number of terminal acetylenes is 1. The molecule has 0 radical (unpaired) electrons. The first-order valence-corrected chi connectivity index (χ1v) is 8.36. The summed E-state index contributed by atoms with van der Waals surface area (Å²) in [5.41, 5.74) is 3.30. The number of aromatic amines is 1. The molecule has 0 saturated heterocycles. The molecule has 4 nitrogen and oxygen atoms in total. The number of rotatable bonds is 1. The summed E-state index contributed by atoms with van der Waals surface area (Å²) in [7, 11) is 0. The lowest BCUT2D eigenvalue weighted by Crippen LogP contribution is -2.29. The van der Waals surface area contributed by atoms with Gasteiger partial charge in [0.1, 0.15) is 22.9 Å². The van der Waals surface area contributed by atoms with Crippen molar-refractivity contribution in [3.63, 3.8) is 0 Å². The topological polar surface area (TPSA) is 50.8 Å². The molecule has 3 aromatic rings. The molecule has 0 spiro atoms. The van der Waals surface area contributed by atoms with E-state index in [0.29, 0.717) is 21.4 Å². The van der Waals surface area contributed by atoms with Crippen LogP contribution in [0.1, 0.15) is 25.1 Å². The van der Waals surface area contributed by atoms with Gasteiger partial charge >= 0.3 is 0 Å². The summed E-state index contributed by atoms with van der Waals surface area (Å²) in [6.45, 7) is 3.91. The van der Waals surface area contributed by atoms with Gasteiger partial charge in [-0.2, -0.15) is 0 Å². The molecule has 3 heterocycles. The van der Waals surface area contributed by atoms with Crippen LogP contribution in [0.5, 0.6) is 5.75 Å². The van der Waals surface area contributed by atoms with Crippen molar-refractivity contribution in [1.29, 1.82) is 0 Å². The molecule has 0 unspecified atom stereocenters. The summed E-state index contributed by atoms with van der Waals surface area (Å²) in [5, 5.41) is 0.862. The lowest BCUT2D eigenvalue weighted by Gasteiger charge is -2.31. The van der Waals surface area contributed by atoms with Gasteiger partial charge in [0.05, 0.1) is 21.3 Å². The molecule has 0 fully saturated rings. The Balaban J connectivity index is 1.96. The zero-order valence-corrected chi connectivity index (χ0v) is 15.0. The molecule has 1 N–H and O–H groups in total. The maximum absolute atomic E-state index is 6.28. The molecule has 0 atom stereocenters. The highest BCUT2D eigenvalue weighted by molar-refractivity contribution is 6.38. The van der Waals surface area contributed by atoms with Crippen LogP contribution in [0.2, 0.25) is 10.0 Å². The largest absolute Gasteiger partial charge is 0.481 e. The lowest BCUT2D eigenvalue weighted by atomic mass is 9.94. The Morgan fingerprint density at radius 1 is 1.20 bits per heavy atom. The van der Waals surface area contributed by atoms with Crippen LogP contribution in [0.15, 0.2) is 30.6 Å². The monoisotopic (exact) mass is 369 g/mol. The SMILES string of the molecule is C#Cc1ccc2c(c1)OC(C)(C)c1nc(-c3c(Cl)cncc3Cl)[nH]c1-2. The van der Waals surface area contributed by atoms with Crippen molar-refractivity contribution < 1.29 is 4.74 Å². The van der Waals surface area contributed by atoms with Gasteiger partial charge in [-0.25, -0.2) is 4.98 Å². The molecular formula is C19H13Cl2N3O. The Kier molecular flexibility index (Phi) is 3.54. The average molecular weight is 370 g/mol. The predicted molar refractivity (Wildman–Crippen MR) is 98.9 cm³/mol. The second kappa shape index (κ2) is 5.52. The van der Waals surface area contributed by atoms with Crippen molar-refractivity contribution in [2.24, 2.45) is 0 Å². The van der Waals surface area contributed by atoms with E-state index >= 15 is 0 Å². The van der Waals surface area contributed by atoms with E-state index in [-0.39, 0.29) is 0 Å². The van der Waals surface area contributed by atoms with E-state index in [1.165, 1.54) is 0 Å². The molecular weight excluding hydrogens is 357 g/mol. The average Bonchev–Trinajstić information content (AvgIpc) is 3.00. The third-order valence-corrected chi connectivity index (χ3v) is 4.72. The van der Waals surface area contributed by atoms with Gasteiger partial charge in [0.25, 0.3) is 0 Å². The number of nitrogens with one attached hydrogen (secondary N) is 1. The molecule has 0 aliphatic carbocycles. The van der Waals surface area contributed by atoms with Crippen LogP contribution in [-0.2, 0) is 5.60 Å². The Bertz CT molecular complexity index is 1030. The van der Waals surface area contributed by atoms with Crippen LogP contribution >= 0.6 is 23.2 Å².